The second-order valence-corrected chi connectivity index (χ2v) is 12.7. The van der Waals surface area contributed by atoms with Gasteiger partial charge in [-0.05, 0) is 80.7 Å². The van der Waals surface area contributed by atoms with Crippen molar-refractivity contribution in [3.05, 3.63) is 71.6 Å². The molecule has 0 spiro atoms. The summed E-state index contributed by atoms with van der Waals surface area (Å²) in [6.45, 7) is 8.20. The van der Waals surface area contributed by atoms with Gasteiger partial charge in [-0.1, -0.05) is 49.7 Å². The number of hydrogen-bond donors (Lipinski definition) is 0. The first-order valence-electron chi connectivity index (χ1n) is 15.0. The maximum Gasteiger partial charge on any atom is 0.349 e. The zero-order valence-corrected chi connectivity index (χ0v) is 25.3. The van der Waals surface area contributed by atoms with Gasteiger partial charge in [-0.15, -0.1) is 11.3 Å². The fourth-order valence-electron chi connectivity index (χ4n) is 5.40. The van der Waals surface area contributed by atoms with Crippen LogP contribution in [-0.2, 0) is 20.9 Å². The van der Waals surface area contributed by atoms with Crippen molar-refractivity contribution < 1.29 is 19.1 Å². The molecule has 0 unspecified atom stereocenters. The first-order chi connectivity index (χ1) is 19.8. The molecule has 1 amide bonds. The molecular formula is C34H42N2O4S. The summed E-state index contributed by atoms with van der Waals surface area (Å²) in [7, 11) is 0. The first kappa shape index (κ1) is 29.2. The van der Waals surface area contributed by atoms with Crippen LogP contribution in [0.4, 0.5) is 5.69 Å². The van der Waals surface area contributed by atoms with Gasteiger partial charge in [0, 0.05) is 42.3 Å². The van der Waals surface area contributed by atoms with Crippen molar-refractivity contribution in [2.24, 2.45) is 5.92 Å². The molecule has 218 valence electrons. The lowest BCUT2D eigenvalue weighted by Crippen LogP contribution is -2.45. The lowest BCUT2D eigenvalue weighted by Gasteiger charge is -2.36. The number of hydrogen-bond acceptors (Lipinski definition) is 6. The number of benzene rings is 2. The minimum Gasteiger partial charge on any atom is -0.476 e. The molecule has 41 heavy (non-hydrogen) atoms. The van der Waals surface area contributed by atoms with Crippen LogP contribution in [0, 0.1) is 5.92 Å². The summed E-state index contributed by atoms with van der Waals surface area (Å²) < 4.78 is 11.5. The van der Waals surface area contributed by atoms with Crippen molar-refractivity contribution in [2.45, 2.75) is 77.5 Å². The number of unbranched alkanes of at least 4 members (excludes halogenated alkanes) is 1. The fraction of sp³-hybridized carbons (Fsp3) is 0.471. The van der Waals surface area contributed by atoms with Crippen LogP contribution in [0.15, 0.2) is 66.0 Å². The molecule has 0 radical (unpaired) electrons. The lowest BCUT2D eigenvalue weighted by atomic mass is 9.95. The molecule has 1 aromatic heterocycles. The molecule has 1 aliphatic carbocycles. The van der Waals surface area contributed by atoms with Gasteiger partial charge in [0.2, 0.25) is 5.91 Å². The number of piperidine rings is 1. The number of carbonyl (C=O) groups is 2. The Morgan fingerprint density at radius 1 is 1.05 bits per heavy atom. The molecule has 2 aromatic carbocycles. The van der Waals surface area contributed by atoms with E-state index in [1.165, 1.54) is 16.0 Å². The molecule has 6 nitrogen and oxygen atoms in total. The Morgan fingerprint density at radius 3 is 2.56 bits per heavy atom. The number of thiophene rings is 1. The molecular weight excluding hydrogens is 532 g/mol. The van der Waals surface area contributed by atoms with Crippen LogP contribution < -0.4 is 9.64 Å². The molecule has 2 aliphatic rings. The van der Waals surface area contributed by atoms with Crippen molar-refractivity contribution in [1.29, 1.82) is 0 Å². The number of rotatable bonds is 12. The first-order valence-corrected chi connectivity index (χ1v) is 15.9. The number of esters is 1. The van der Waals surface area contributed by atoms with E-state index < -0.39 is 5.60 Å². The molecule has 2 fully saturated rings. The van der Waals surface area contributed by atoms with Crippen LogP contribution in [-0.4, -0.2) is 48.1 Å². The summed E-state index contributed by atoms with van der Waals surface area (Å²) in [5.74, 6) is 0.493. The molecule has 3 aromatic rings. The Morgan fingerprint density at radius 2 is 1.85 bits per heavy atom. The number of carbonyl (C=O) groups excluding carboxylic acids is 2. The second kappa shape index (κ2) is 13.1. The minimum absolute atomic E-state index is 0.0377. The van der Waals surface area contributed by atoms with Crippen molar-refractivity contribution in [3.63, 3.8) is 0 Å². The van der Waals surface area contributed by atoms with Gasteiger partial charge in [-0.25, -0.2) is 4.79 Å². The predicted molar refractivity (Wildman–Crippen MR) is 165 cm³/mol. The summed E-state index contributed by atoms with van der Waals surface area (Å²) in [5.41, 5.74) is 2.33. The highest BCUT2D eigenvalue weighted by Crippen LogP contribution is 2.34. The molecule has 1 aliphatic heterocycles. The normalized spacial score (nSPS) is 17.2. The average Bonchev–Trinajstić information content (AvgIpc) is 3.68. The van der Waals surface area contributed by atoms with Crippen LogP contribution in [0.1, 0.15) is 64.9 Å². The van der Waals surface area contributed by atoms with Crippen LogP contribution in [0.5, 0.6) is 5.75 Å². The van der Waals surface area contributed by atoms with Gasteiger partial charge in [0.25, 0.3) is 0 Å². The molecule has 0 bridgehead atoms. The SMILES string of the molecule is CCCCOC(=O)C(C)(C)Oc1cccc(N2CCC[C@H](C(=O)N(Cc3ccc(-c4cccs4)cc3)C3CC3)C2)c1. The summed E-state index contributed by atoms with van der Waals surface area (Å²) >= 11 is 1.74. The Bertz CT molecular complexity index is 1300. The van der Waals surface area contributed by atoms with Crippen LogP contribution in [0.3, 0.4) is 0 Å². The quantitative estimate of drug-likeness (QED) is 0.168. The highest BCUT2D eigenvalue weighted by molar-refractivity contribution is 7.13. The largest absolute Gasteiger partial charge is 0.476 e. The minimum atomic E-state index is -1.08. The number of amides is 1. The van der Waals surface area contributed by atoms with Gasteiger partial charge in [0.15, 0.2) is 5.60 Å². The molecule has 2 heterocycles. The fourth-order valence-corrected chi connectivity index (χ4v) is 6.13. The van der Waals surface area contributed by atoms with Crippen LogP contribution in [0.25, 0.3) is 10.4 Å². The Kier molecular flexibility index (Phi) is 9.33. The third kappa shape index (κ3) is 7.50. The van der Waals surface area contributed by atoms with E-state index in [-0.39, 0.29) is 17.8 Å². The van der Waals surface area contributed by atoms with E-state index in [9.17, 15) is 9.59 Å². The topological polar surface area (TPSA) is 59.1 Å². The standard InChI is InChI=1S/C34H42N2O4S/c1-4-5-20-39-33(38)34(2,3)40-30-11-6-10-29(22-30)35-19-7-9-27(24-35)32(37)36(28-17-18-28)23-25-13-15-26(16-14-25)31-12-8-21-41-31/h6,8,10-16,21-22,27-28H,4-5,7,9,17-20,23-24H2,1-3H3/t27-/m0/s1. The third-order valence-corrected chi connectivity index (χ3v) is 8.85. The maximum absolute atomic E-state index is 13.9. The number of ether oxygens (including phenoxy) is 2. The summed E-state index contributed by atoms with van der Waals surface area (Å²) in [6.07, 6.45) is 5.86. The number of nitrogens with zero attached hydrogens (tertiary/aromatic N) is 2. The monoisotopic (exact) mass is 574 g/mol. The maximum atomic E-state index is 13.9. The second-order valence-electron chi connectivity index (χ2n) is 11.8. The van der Waals surface area contributed by atoms with Crippen molar-refractivity contribution >= 4 is 28.9 Å². The predicted octanol–water partition coefficient (Wildman–Crippen LogP) is 7.32. The average molecular weight is 575 g/mol. The summed E-state index contributed by atoms with van der Waals surface area (Å²) in [4.78, 5) is 32.1. The van der Waals surface area contributed by atoms with Crippen LogP contribution >= 0.6 is 11.3 Å². The van der Waals surface area contributed by atoms with E-state index in [0.29, 0.717) is 31.5 Å². The molecule has 7 heteroatoms. The van der Waals surface area contributed by atoms with Crippen LogP contribution in [0.2, 0.25) is 0 Å². The van der Waals surface area contributed by atoms with E-state index in [4.69, 9.17) is 9.47 Å². The zero-order chi connectivity index (χ0) is 28.8. The molecule has 5 rings (SSSR count). The Hall–Kier alpha value is -3.32. The van der Waals surface area contributed by atoms with Gasteiger partial charge in [-0.2, -0.15) is 0 Å². The number of anilines is 1. The van der Waals surface area contributed by atoms with E-state index in [0.717, 1.165) is 50.8 Å². The van der Waals surface area contributed by atoms with Gasteiger partial charge < -0.3 is 19.3 Å². The van der Waals surface area contributed by atoms with E-state index in [2.05, 4.69) is 64.6 Å². The lowest BCUT2D eigenvalue weighted by molar-refractivity contribution is -0.159. The smallest absolute Gasteiger partial charge is 0.349 e. The third-order valence-electron chi connectivity index (χ3n) is 7.93. The van der Waals surface area contributed by atoms with Crippen molar-refractivity contribution in [2.75, 3.05) is 24.6 Å². The van der Waals surface area contributed by atoms with E-state index >= 15 is 0 Å². The molecule has 1 saturated heterocycles. The van der Waals surface area contributed by atoms with Gasteiger partial charge in [0.05, 0.1) is 12.5 Å². The molecule has 0 N–H and O–H groups in total. The van der Waals surface area contributed by atoms with Crippen molar-refractivity contribution in [3.8, 4) is 16.2 Å². The molecule has 1 saturated carbocycles. The Labute approximate surface area is 248 Å². The van der Waals surface area contributed by atoms with Gasteiger partial charge >= 0.3 is 5.97 Å². The highest BCUT2D eigenvalue weighted by atomic mass is 32.1. The van der Waals surface area contributed by atoms with Gasteiger partial charge in [-0.3, -0.25) is 4.79 Å². The summed E-state index contributed by atoms with van der Waals surface area (Å²) in [5, 5.41) is 2.10. The highest BCUT2D eigenvalue weighted by Gasteiger charge is 2.37. The van der Waals surface area contributed by atoms with Crippen molar-refractivity contribution in [1.82, 2.24) is 4.90 Å². The van der Waals surface area contributed by atoms with E-state index in [1.54, 1.807) is 25.2 Å². The molecule has 1 atom stereocenters. The van der Waals surface area contributed by atoms with E-state index in [1.807, 2.05) is 18.2 Å². The van der Waals surface area contributed by atoms with Gasteiger partial charge in [0.1, 0.15) is 5.75 Å². The Balaban J connectivity index is 1.22. The zero-order valence-electron chi connectivity index (χ0n) is 24.5. The summed E-state index contributed by atoms with van der Waals surface area (Å²) in [6, 6.07) is 21.1.